The second kappa shape index (κ2) is 7.22. The van der Waals surface area contributed by atoms with Crippen LogP contribution in [0.1, 0.15) is 29.0 Å². The minimum atomic E-state index is -0.286. The Kier molecular flexibility index (Phi) is 4.85. The lowest BCUT2D eigenvalue weighted by molar-refractivity contribution is 0.0365. The molecule has 1 saturated heterocycles. The van der Waals surface area contributed by atoms with Gasteiger partial charge in [0.2, 0.25) is 0 Å². The highest BCUT2D eigenvalue weighted by Gasteiger charge is 2.21. The number of hydrogen-bond donors (Lipinski definition) is 0. The zero-order chi connectivity index (χ0) is 15.2. The van der Waals surface area contributed by atoms with Crippen LogP contribution in [0.3, 0.4) is 0 Å². The maximum atomic E-state index is 11.9. The van der Waals surface area contributed by atoms with Crippen molar-refractivity contribution < 1.29 is 13.9 Å². The predicted molar refractivity (Wildman–Crippen MR) is 81.2 cm³/mol. The average molecular weight is 300 g/mol. The average Bonchev–Trinajstić information content (AvgIpc) is 3.08. The predicted octanol–water partition coefficient (Wildman–Crippen LogP) is 2.74. The quantitative estimate of drug-likeness (QED) is 0.795. The Labute approximate surface area is 129 Å². The van der Waals surface area contributed by atoms with Gasteiger partial charge < -0.3 is 9.15 Å². The molecule has 3 heterocycles. The summed E-state index contributed by atoms with van der Waals surface area (Å²) in [6.07, 6.45) is 6.97. The molecule has 0 N–H and O–H groups in total. The van der Waals surface area contributed by atoms with Gasteiger partial charge in [-0.25, -0.2) is 4.79 Å². The standard InChI is InChI=1S/C17H20N2O3/c20-17(15-3-1-7-18-11-15)22-13-14-5-8-19(9-6-14)12-16-4-2-10-21-16/h1-4,7,10-11,14H,5-6,8-9,12-13H2. The van der Waals surface area contributed by atoms with Crippen molar-refractivity contribution in [2.24, 2.45) is 5.92 Å². The normalized spacial score (nSPS) is 16.5. The number of piperidine rings is 1. The Bertz CT molecular complexity index is 575. The van der Waals surface area contributed by atoms with Crippen molar-refractivity contribution in [3.05, 3.63) is 54.2 Å². The molecule has 0 atom stereocenters. The topological polar surface area (TPSA) is 55.6 Å². The van der Waals surface area contributed by atoms with Gasteiger partial charge >= 0.3 is 5.97 Å². The molecule has 0 aromatic carbocycles. The highest BCUT2D eigenvalue weighted by Crippen LogP contribution is 2.20. The van der Waals surface area contributed by atoms with E-state index in [0.717, 1.165) is 38.2 Å². The maximum Gasteiger partial charge on any atom is 0.339 e. The zero-order valence-electron chi connectivity index (χ0n) is 12.5. The van der Waals surface area contributed by atoms with Crippen LogP contribution in [0.5, 0.6) is 0 Å². The zero-order valence-corrected chi connectivity index (χ0v) is 12.5. The fourth-order valence-corrected chi connectivity index (χ4v) is 2.69. The van der Waals surface area contributed by atoms with Crippen LogP contribution in [0.25, 0.3) is 0 Å². The summed E-state index contributed by atoms with van der Waals surface area (Å²) >= 11 is 0. The molecular formula is C17H20N2O3. The van der Waals surface area contributed by atoms with Gasteiger partial charge in [-0.1, -0.05) is 0 Å². The maximum absolute atomic E-state index is 11.9. The van der Waals surface area contributed by atoms with Gasteiger partial charge in [-0.2, -0.15) is 0 Å². The van der Waals surface area contributed by atoms with Crippen molar-refractivity contribution in [3.8, 4) is 0 Å². The molecule has 3 rings (SSSR count). The van der Waals surface area contributed by atoms with Crippen LogP contribution in [0.4, 0.5) is 0 Å². The fourth-order valence-electron chi connectivity index (χ4n) is 2.69. The molecule has 0 unspecified atom stereocenters. The third-order valence-electron chi connectivity index (χ3n) is 4.01. The van der Waals surface area contributed by atoms with E-state index in [1.807, 2.05) is 12.1 Å². The number of furan rings is 1. The first-order valence-corrected chi connectivity index (χ1v) is 7.63. The van der Waals surface area contributed by atoms with Crippen LogP contribution >= 0.6 is 0 Å². The second-order valence-corrected chi connectivity index (χ2v) is 5.64. The van der Waals surface area contributed by atoms with E-state index in [1.165, 1.54) is 6.20 Å². The molecule has 2 aromatic heterocycles. The van der Waals surface area contributed by atoms with E-state index in [4.69, 9.17) is 9.15 Å². The van der Waals surface area contributed by atoms with Crippen LogP contribution in [-0.4, -0.2) is 35.5 Å². The van der Waals surface area contributed by atoms with E-state index in [9.17, 15) is 4.79 Å². The molecule has 0 aliphatic carbocycles. The molecule has 1 aliphatic heterocycles. The van der Waals surface area contributed by atoms with E-state index >= 15 is 0 Å². The number of hydrogen-bond acceptors (Lipinski definition) is 5. The lowest BCUT2D eigenvalue weighted by Gasteiger charge is -2.30. The molecule has 0 radical (unpaired) electrons. The molecule has 5 heteroatoms. The first-order chi connectivity index (χ1) is 10.8. The minimum absolute atomic E-state index is 0.286. The van der Waals surface area contributed by atoms with Crippen molar-refractivity contribution in [1.29, 1.82) is 0 Å². The van der Waals surface area contributed by atoms with Crippen LogP contribution in [0.2, 0.25) is 0 Å². The summed E-state index contributed by atoms with van der Waals surface area (Å²) in [5.41, 5.74) is 0.512. The van der Waals surface area contributed by atoms with Gasteiger partial charge in [0.15, 0.2) is 0 Å². The fraction of sp³-hybridized carbons (Fsp3) is 0.412. The number of carbonyl (C=O) groups excluding carboxylic acids is 1. The van der Waals surface area contributed by atoms with Gasteiger partial charge in [0.1, 0.15) is 5.76 Å². The van der Waals surface area contributed by atoms with Crippen molar-refractivity contribution in [3.63, 3.8) is 0 Å². The first kappa shape index (κ1) is 14.8. The number of ether oxygens (including phenoxy) is 1. The van der Waals surface area contributed by atoms with Gasteiger partial charge in [-0.3, -0.25) is 9.88 Å². The monoisotopic (exact) mass is 300 g/mol. The van der Waals surface area contributed by atoms with Gasteiger partial charge in [-0.05, 0) is 56.1 Å². The van der Waals surface area contributed by atoms with Gasteiger partial charge in [0.25, 0.3) is 0 Å². The Morgan fingerprint density at radius 1 is 1.32 bits per heavy atom. The summed E-state index contributed by atoms with van der Waals surface area (Å²) in [7, 11) is 0. The number of aromatic nitrogens is 1. The Morgan fingerprint density at radius 3 is 2.86 bits per heavy atom. The van der Waals surface area contributed by atoms with Crippen LogP contribution in [-0.2, 0) is 11.3 Å². The van der Waals surface area contributed by atoms with E-state index in [2.05, 4.69) is 9.88 Å². The number of likely N-dealkylation sites (tertiary alicyclic amines) is 1. The largest absolute Gasteiger partial charge is 0.468 e. The number of nitrogens with zero attached hydrogens (tertiary/aromatic N) is 2. The molecule has 116 valence electrons. The summed E-state index contributed by atoms with van der Waals surface area (Å²) in [6, 6.07) is 7.38. The Hall–Kier alpha value is -2.14. The Morgan fingerprint density at radius 2 is 2.18 bits per heavy atom. The van der Waals surface area contributed by atoms with Crippen LogP contribution in [0.15, 0.2) is 47.3 Å². The third-order valence-corrected chi connectivity index (χ3v) is 4.01. The van der Waals surface area contributed by atoms with Gasteiger partial charge in [-0.15, -0.1) is 0 Å². The summed E-state index contributed by atoms with van der Waals surface area (Å²) in [5, 5.41) is 0. The van der Waals surface area contributed by atoms with Crippen molar-refractivity contribution in [1.82, 2.24) is 9.88 Å². The summed E-state index contributed by atoms with van der Waals surface area (Å²) in [4.78, 5) is 18.2. The highest BCUT2D eigenvalue weighted by molar-refractivity contribution is 5.88. The van der Waals surface area contributed by atoms with E-state index in [1.54, 1.807) is 24.6 Å². The SMILES string of the molecule is O=C(OCC1CCN(Cc2ccco2)CC1)c1cccnc1. The summed E-state index contributed by atoms with van der Waals surface area (Å²) in [6.45, 7) is 3.36. The lowest BCUT2D eigenvalue weighted by atomic mass is 9.98. The number of esters is 1. The molecule has 5 nitrogen and oxygen atoms in total. The van der Waals surface area contributed by atoms with E-state index in [0.29, 0.717) is 18.1 Å². The Balaban J connectivity index is 1.40. The van der Waals surface area contributed by atoms with Crippen molar-refractivity contribution >= 4 is 5.97 Å². The van der Waals surface area contributed by atoms with Gasteiger partial charge in [0.05, 0.1) is 25.0 Å². The highest BCUT2D eigenvalue weighted by atomic mass is 16.5. The molecule has 1 fully saturated rings. The van der Waals surface area contributed by atoms with E-state index < -0.39 is 0 Å². The molecule has 0 amide bonds. The second-order valence-electron chi connectivity index (χ2n) is 5.64. The van der Waals surface area contributed by atoms with Gasteiger partial charge in [0, 0.05) is 12.4 Å². The lowest BCUT2D eigenvalue weighted by Crippen LogP contribution is -2.34. The van der Waals surface area contributed by atoms with Crippen molar-refractivity contribution in [2.45, 2.75) is 19.4 Å². The number of carbonyl (C=O) groups is 1. The molecular weight excluding hydrogens is 280 g/mol. The first-order valence-electron chi connectivity index (χ1n) is 7.63. The molecule has 0 saturated carbocycles. The number of rotatable bonds is 5. The third kappa shape index (κ3) is 3.95. The molecule has 1 aliphatic rings. The van der Waals surface area contributed by atoms with E-state index in [-0.39, 0.29) is 5.97 Å². The minimum Gasteiger partial charge on any atom is -0.468 e. The molecule has 0 bridgehead atoms. The smallest absolute Gasteiger partial charge is 0.339 e. The summed E-state index contributed by atoms with van der Waals surface area (Å²) in [5.74, 6) is 1.15. The summed E-state index contributed by atoms with van der Waals surface area (Å²) < 4.78 is 10.8. The molecule has 0 spiro atoms. The molecule has 2 aromatic rings. The molecule has 22 heavy (non-hydrogen) atoms. The number of pyridine rings is 1. The van der Waals surface area contributed by atoms with Crippen LogP contribution in [0, 0.1) is 5.92 Å². The van der Waals surface area contributed by atoms with Crippen molar-refractivity contribution in [2.75, 3.05) is 19.7 Å². The van der Waals surface area contributed by atoms with Crippen LogP contribution < -0.4 is 0 Å².